The first-order valence-corrected chi connectivity index (χ1v) is 21.1. The van der Waals surface area contributed by atoms with E-state index in [1.165, 1.54) is 77.9 Å². The van der Waals surface area contributed by atoms with Gasteiger partial charge in [0.1, 0.15) is 11.2 Å². The molecule has 1 heterocycles. The van der Waals surface area contributed by atoms with Crippen LogP contribution >= 0.6 is 0 Å². The molecule has 0 N–H and O–H groups in total. The Kier molecular flexibility index (Phi) is 8.71. The molecule has 0 fully saturated rings. The second kappa shape index (κ2) is 14.6. The number of furan rings is 1. The van der Waals surface area contributed by atoms with Crippen molar-refractivity contribution >= 4 is 21.9 Å². The van der Waals surface area contributed by atoms with E-state index < -0.39 is 0 Å². The van der Waals surface area contributed by atoms with Gasteiger partial charge in [0.15, 0.2) is 0 Å². The first-order valence-electron chi connectivity index (χ1n) is 21.1. The van der Waals surface area contributed by atoms with E-state index in [9.17, 15) is 0 Å². The van der Waals surface area contributed by atoms with Gasteiger partial charge in [0.05, 0.1) is 0 Å². The minimum atomic E-state index is -0.0743. The summed E-state index contributed by atoms with van der Waals surface area (Å²) < 4.78 is 6.39. The van der Waals surface area contributed by atoms with Crippen molar-refractivity contribution in [1.82, 2.24) is 0 Å². The van der Waals surface area contributed by atoms with Gasteiger partial charge in [-0.25, -0.2) is 0 Å². The van der Waals surface area contributed by atoms with E-state index in [0.717, 1.165) is 33.9 Å². The molecule has 1 unspecified atom stereocenters. The molecule has 10 aromatic rings. The fourth-order valence-electron chi connectivity index (χ4n) is 9.75. The summed E-state index contributed by atoms with van der Waals surface area (Å²) in [6, 6.07) is 78.0. The molecule has 0 radical (unpaired) electrons. The number of benzene rings is 9. The molecule has 0 bridgehead atoms. The van der Waals surface area contributed by atoms with E-state index in [1.807, 2.05) is 12.1 Å². The van der Waals surface area contributed by atoms with Crippen LogP contribution in [-0.2, 0) is 11.8 Å². The Labute approximate surface area is 352 Å². The highest BCUT2D eigenvalue weighted by Gasteiger charge is 2.35. The molecule has 0 amide bonds. The number of hydrogen-bond acceptors (Lipinski definition) is 1. The normalized spacial score (nSPS) is 13.3. The van der Waals surface area contributed by atoms with Crippen molar-refractivity contribution in [2.45, 2.75) is 31.6 Å². The lowest BCUT2D eigenvalue weighted by Crippen LogP contribution is -2.16. The van der Waals surface area contributed by atoms with Gasteiger partial charge in [-0.3, -0.25) is 0 Å². The summed E-state index contributed by atoms with van der Waals surface area (Å²) in [5.74, 6) is 0.153. The highest BCUT2D eigenvalue weighted by molar-refractivity contribution is 6.06. The van der Waals surface area contributed by atoms with Gasteiger partial charge in [-0.1, -0.05) is 202 Å². The molecule has 1 aliphatic rings. The van der Waals surface area contributed by atoms with Crippen LogP contribution in [0.5, 0.6) is 0 Å². The van der Waals surface area contributed by atoms with Crippen LogP contribution in [0.1, 0.15) is 47.6 Å². The average molecular weight is 769 g/mol. The maximum absolute atomic E-state index is 6.39. The Morgan fingerprint density at radius 2 is 0.950 bits per heavy atom. The minimum absolute atomic E-state index is 0.0743. The van der Waals surface area contributed by atoms with Crippen LogP contribution in [0.15, 0.2) is 217 Å². The summed E-state index contributed by atoms with van der Waals surface area (Å²) in [7, 11) is 0. The summed E-state index contributed by atoms with van der Waals surface area (Å²) in [4.78, 5) is 0. The fraction of sp³-hybridized carbons (Fsp3) is 0.0847. The van der Waals surface area contributed by atoms with Gasteiger partial charge in [0.25, 0.3) is 0 Å². The predicted molar refractivity (Wildman–Crippen MR) is 251 cm³/mol. The van der Waals surface area contributed by atoms with Gasteiger partial charge < -0.3 is 4.42 Å². The topological polar surface area (TPSA) is 13.1 Å². The highest BCUT2D eigenvalue weighted by Crippen LogP contribution is 2.50. The molecule has 0 saturated carbocycles. The van der Waals surface area contributed by atoms with E-state index in [0.29, 0.717) is 0 Å². The molecular formula is C59H44O. The lowest BCUT2D eigenvalue weighted by atomic mass is 9.79. The van der Waals surface area contributed by atoms with Crippen LogP contribution in [0.25, 0.3) is 77.6 Å². The molecular weight excluding hydrogens is 725 g/mol. The summed E-state index contributed by atoms with van der Waals surface area (Å²) >= 11 is 0. The van der Waals surface area contributed by atoms with Crippen molar-refractivity contribution in [3.05, 3.63) is 240 Å². The molecule has 1 aliphatic carbocycles. The largest absolute Gasteiger partial charge is 0.456 e. The third-order valence-electron chi connectivity index (χ3n) is 12.9. The first kappa shape index (κ1) is 35.9. The second-order valence-electron chi connectivity index (χ2n) is 16.9. The zero-order valence-electron chi connectivity index (χ0n) is 33.9. The number of para-hydroxylation sites is 1. The molecule has 1 heteroatoms. The molecule has 60 heavy (non-hydrogen) atoms. The van der Waals surface area contributed by atoms with Crippen molar-refractivity contribution in [3.63, 3.8) is 0 Å². The van der Waals surface area contributed by atoms with Crippen molar-refractivity contribution in [2.24, 2.45) is 0 Å². The smallest absolute Gasteiger partial charge is 0.136 e. The molecule has 286 valence electrons. The van der Waals surface area contributed by atoms with Crippen molar-refractivity contribution < 1.29 is 4.42 Å². The second-order valence-corrected chi connectivity index (χ2v) is 16.9. The van der Waals surface area contributed by atoms with Crippen LogP contribution in [0.2, 0.25) is 0 Å². The number of rotatable bonds is 8. The SMILES string of the molecule is CC1(C)c2ccccc2-c2ccc(C(Cc3cccc(-c4cc(-c5ccccc5)ccc4-c4ccc5c(c4)oc4ccccc45)c3)c3ccc(-c4ccccc4)cc3)cc21. The van der Waals surface area contributed by atoms with E-state index in [1.54, 1.807) is 0 Å². The van der Waals surface area contributed by atoms with Gasteiger partial charge in [-0.05, 0) is 114 Å². The Balaban J connectivity index is 1.02. The molecule has 1 aromatic heterocycles. The van der Waals surface area contributed by atoms with Crippen LogP contribution in [0.3, 0.4) is 0 Å². The number of hydrogen-bond donors (Lipinski definition) is 0. The minimum Gasteiger partial charge on any atom is -0.456 e. The summed E-state index contributed by atoms with van der Waals surface area (Å²) in [5, 5.41) is 2.28. The summed E-state index contributed by atoms with van der Waals surface area (Å²) in [6.07, 6.45) is 0.864. The third-order valence-corrected chi connectivity index (χ3v) is 12.9. The van der Waals surface area contributed by atoms with Gasteiger partial charge in [-0.15, -0.1) is 0 Å². The fourth-order valence-corrected chi connectivity index (χ4v) is 9.75. The molecule has 1 nitrogen and oxygen atoms in total. The van der Waals surface area contributed by atoms with Crippen molar-refractivity contribution in [2.75, 3.05) is 0 Å². The van der Waals surface area contributed by atoms with Crippen LogP contribution < -0.4 is 0 Å². The Morgan fingerprint density at radius 3 is 1.77 bits per heavy atom. The molecule has 1 atom stereocenters. The Morgan fingerprint density at radius 1 is 0.367 bits per heavy atom. The van der Waals surface area contributed by atoms with Gasteiger partial charge in [0.2, 0.25) is 0 Å². The summed E-state index contributed by atoms with van der Waals surface area (Å²) in [5.41, 5.74) is 20.8. The average Bonchev–Trinajstić information content (AvgIpc) is 3.79. The first-order chi connectivity index (χ1) is 29.5. The van der Waals surface area contributed by atoms with Gasteiger partial charge in [-0.2, -0.15) is 0 Å². The quantitative estimate of drug-likeness (QED) is 0.150. The molecule has 9 aromatic carbocycles. The molecule has 0 saturated heterocycles. The highest BCUT2D eigenvalue weighted by atomic mass is 16.3. The zero-order chi connectivity index (χ0) is 40.2. The lowest BCUT2D eigenvalue weighted by molar-refractivity contribution is 0.657. The molecule has 0 aliphatic heterocycles. The van der Waals surface area contributed by atoms with Crippen molar-refractivity contribution in [1.29, 1.82) is 0 Å². The van der Waals surface area contributed by atoms with E-state index in [4.69, 9.17) is 4.42 Å². The number of fused-ring (bicyclic) bond motifs is 6. The van der Waals surface area contributed by atoms with E-state index in [-0.39, 0.29) is 11.3 Å². The maximum Gasteiger partial charge on any atom is 0.136 e. The van der Waals surface area contributed by atoms with Gasteiger partial charge in [0, 0.05) is 22.1 Å². The summed E-state index contributed by atoms with van der Waals surface area (Å²) in [6.45, 7) is 4.75. The molecule has 0 spiro atoms. The van der Waals surface area contributed by atoms with Crippen LogP contribution in [-0.4, -0.2) is 0 Å². The standard InChI is InChI=1S/C59H44O/c1-59(2)55-22-11-9-20-49(55)50-32-29-46(37-56(50)59)53(43-26-24-42(25-27-43)40-15-5-3-6-16-40)35-39-14-13-19-45(34-39)54-36-44(41-17-7-4-8-18-41)28-31-48(54)47-30-33-52-51-21-10-12-23-57(51)60-58(52)38-47/h3-34,36-38,53H,35H2,1-2H3. The molecule has 11 rings (SSSR count). The lowest BCUT2D eigenvalue weighted by Gasteiger charge is -2.25. The zero-order valence-corrected chi connectivity index (χ0v) is 33.9. The van der Waals surface area contributed by atoms with Crippen LogP contribution in [0.4, 0.5) is 0 Å². The van der Waals surface area contributed by atoms with Gasteiger partial charge >= 0.3 is 0 Å². The van der Waals surface area contributed by atoms with E-state index >= 15 is 0 Å². The third kappa shape index (κ3) is 6.26. The maximum atomic E-state index is 6.39. The Hall–Kier alpha value is -7.22. The Bertz CT molecular complexity index is 3180. The van der Waals surface area contributed by atoms with Crippen LogP contribution in [0, 0.1) is 0 Å². The van der Waals surface area contributed by atoms with Crippen molar-refractivity contribution in [3.8, 4) is 55.6 Å². The monoisotopic (exact) mass is 768 g/mol. The predicted octanol–water partition coefficient (Wildman–Crippen LogP) is 15.9. The van der Waals surface area contributed by atoms with E-state index in [2.05, 4.69) is 214 Å².